The molecule has 1 amide bonds. The summed E-state index contributed by atoms with van der Waals surface area (Å²) in [6, 6.07) is 6.72. The second-order valence-electron chi connectivity index (χ2n) is 6.60. The fourth-order valence-electron chi connectivity index (χ4n) is 2.91. The molecule has 2 heterocycles. The van der Waals surface area contributed by atoms with Crippen molar-refractivity contribution in [2.24, 2.45) is 0 Å². The molecule has 3 rings (SSSR count). The van der Waals surface area contributed by atoms with Crippen molar-refractivity contribution in [1.29, 1.82) is 0 Å². The molecule has 1 aromatic heterocycles. The second kappa shape index (κ2) is 8.32. The number of hydrogen-bond donors (Lipinski definition) is 2. The smallest absolute Gasteiger partial charge is 0.339 e. The van der Waals surface area contributed by atoms with Gasteiger partial charge in [-0.25, -0.2) is 9.48 Å². The normalized spacial score (nSPS) is 17.6. The van der Waals surface area contributed by atoms with Crippen LogP contribution in [0, 0.1) is 6.92 Å². The number of hydrogen-bond acceptors (Lipinski definition) is 5. The van der Waals surface area contributed by atoms with E-state index in [1.54, 1.807) is 31.2 Å². The van der Waals surface area contributed by atoms with E-state index in [4.69, 9.17) is 14.6 Å². The van der Waals surface area contributed by atoms with E-state index in [-0.39, 0.29) is 23.6 Å². The molecule has 0 unspecified atom stereocenters. The first-order chi connectivity index (χ1) is 13.0. The van der Waals surface area contributed by atoms with E-state index in [9.17, 15) is 9.59 Å². The molecule has 0 spiro atoms. The monoisotopic (exact) mass is 373 g/mol. The summed E-state index contributed by atoms with van der Waals surface area (Å²) < 4.78 is 12.5. The van der Waals surface area contributed by atoms with Gasteiger partial charge < -0.3 is 19.9 Å². The van der Waals surface area contributed by atoms with Crippen LogP contribution in [0.3, 0.4) is 0 Å². The first kappa shape index (κ1) is 19.1. The number of ether oxygens (including phenoxy) is 2. The molecular weight excluding hydrogens is 350 g/mol. The molecule has 1 fully saturated rings. The summed E-state index contributed by atoms with van der Waals surface area (Å²) in [6.45, 7) is 5.35. The number of nitrogens with zero attached hydrogens (tertiary/aromatic N) is 2. The maximum atomic E-state index is 12.4. The predicted molar refractivity (Wildman–Crippen MR) is 97.4 cm³/mol. The third-order valence-electron chi connectivity index (χ3n) is 4.46. The average Bonchev–Trinajstić information content (AvgIpc) is 3.29. The molecule has 2 N–H and O–H groups in total. The summed E-state index contributed by atoms with van der Waals surface area (Å²) in [5.74, 6) is -1.21. The zero-order valence-corrected chi connectivity index (χ0v) is 15.3. The Kier molecular flexibility index (Phi) is 5.88. The van der Waals surface area contributed by atoms with E-state index in [0.717, 1.165) is 13.0 Å². The minimum atomic E-state index is -1.02. The molecule has 0 aliphatic carbocycles. The predicted octanol–water partition coefficient (Wildman–Crippen LogP) is 1.80. The van der Waals surface area contributed by atoms with Gasteiger partial charge in [-0.15, -0.1) is 0 Å². The van der Waals surface area contributed by atoms with Crippen LogP contribution in [0.25, 0.3) is 5.69 Å². The average molecular weight is 373 g/mol. The molecule has 1 aliphatic heterocycles. The number of carbonyl (C=O) groups excluding carboxylic acids is 1. The lowest BCUT2D eigenvalue weighted by molar-refractivity contribution is 0.0318. The minimum absolute atomic E-state index is 0.108. The quantitative estimate of drug-likeness (QED) is 0.767. The Morgan fingerprint density at radius 2 is 2.15 bits per heavy atom. The fourth-order valence-corrected chi connectivity index (χ4v) is 2.91. The molecule has 0 saturated carbocycles. The van der Waals surface area contributed by atoms with E-state index in [2.05, 4.69) is 10.4 Å². The van der Waals surface area contributed by atoms with E-state index >= 15 is 0 Å². The fraction of sp³-hybridized carbons (Fsp3) is 0.421. The lowest BCUT2D eigenvalue weighted by atomic mass is 10.1. The molecule has 1 aromatic carbocycles. The van der Waals surface area contributed by atoms with Gasteiger partial charge in [0.1, 0.15) is 5.56 Å². The van der Waals surface area contributed by atoms with Crippen molar-refractivity contribution in [3.8, 4) is 5.69 Å². The topological polar surface area (TPSA) is 103 Å². The molecular formula is C19H23N3O5. The first-order valence-corrected chi connectivity index (χ1v) is 8.84. The number of benzene rings is 1. The van der Waals surface area contributed by atoms with Gasteiger partial charge in [-0.2, -0.15) is 5.10 Å². The maximum absolute atomic E-state index is 12.4. The first-order valence-electron chi connectivity index (χ1n) is 8.84. The van der Waals surface area contributed by atoms with Crippen LogP contribution in [-0.2, 0) is 9.47 Å². The van der Waals surface area contributed by atoms with Crippen LogP contribution in [0.5, 0.6) is 0 Å². The summed E-state index contributed by atoms with van der Waals surface area (Å²) >= 11 is 0. The number of carbonyl (C=O) groups is 2. The highest BCUT2D eigenvalue weighted by atomic mass is 16.5. The molecule has 8 nitrogen and oxygen atoms in total. The summed E-state index contributed by atoms with van der Waals surface area (Å²) in [7, 11) is 0. The molecule has 8 heteroatoms. The van der Waals surface area contributed by atoms with Crippen molar-refractivity contribution in [2.45, 2.75) is 32.4 Å². The SMILES string of the molecule is Cc1c(C(=O)O)cnn1-c1ccc(C(=O)N[C@H](C)CO[C@@H]2CCOC2)cc1. The molecule has 144 valence electrons. The highest BCUT2D eigenvalue weighted by Gasteiger charge is 2.18. The Hall–Kier alpha value is -2.71. The number of amides is 1. The van der Waals surface area contributed by atoms with Crippen molar-refractivity contribution < 1.29 is 24.2 Å². The van der Waals surface area contributed by atoms with Gasteiger partial charge in [0.05, 0.1) is 36.9 Å². The third-order valence-corrected chi connectivity index (χ3v) is 4.46. The van der Waals surface area contributed by atoms with Crippen molar-refractivity contribution in [3.05, 3.63) is 47.3 Å². The van der Waals surface area contributed by atoms with Crippen LogP contribution in [0.1, 0.15) is 39.8 Å². The van der Waals surface area contributed by atoms with Crippen LogP contribution < -0.4 is 5.32 Å². The standard InChI is InChI=1S/C19H23N3O5/c1-12(10-27-16-7-8-26-11-16)21-18(23)14-3-5-15(6-4-14)22-13(2)17(9-20-22)19(24)25/h3-6,9,12,16H,7-8,10-11H2,1-2H3,(H,21,23)(H,24,25)/t12-,16-/m1/s1. The van der Waals surface area contributed by atoms with Crippen molar-refractivity contribution in [2.75, 3.05) is 19.8 Å². The van der Waals surface area contributed by atoms with E-state index in [1.165, 1.54) is 10.9 Å². The van der Waals surface area contributed by atoms with Gasteiger partial charge >= 0.3 is 5.97 Å². The number of carboxylic acids is 1. The van der Waals surface area contributed by atoms with Gasteiger partial charge in [0, 0.05) is 18.2 Å². The summed E-state index contributed by atoms with van der Waals surface area (Å²) in [5, 5.41) is 16.1. The van der Waals surface area contributed by atoms with E-state index < -0.39 is 5.97 Å². The van der Waals surface area contributed by atoms with Crippen LogP contribution in [0.2, 0.25) is 0 Å². The van der Waals surface area contributed by atoms with Crippen LogP contribution in [-0.4, -0.2) is 58.7 Å². The molecule has 2 atom stereocenters. The summed E-state index contributed by atoms with van der Waals surface area (Å²) in [6.07, 6.45) is 2.31. The minimum Gasteiger partial charge on any atom is -0.478 e. The summed E-state index contributed by atoms with van der Waals surface area (Å²) in [4.78, 5) is 23.5. The number of carboxylic acid groups (broad SMARTS) is 1. The molecule has 0 bridgehead atoms. The molecule has 1 aliphatic rings. The van der Waals surface area contributed by atoms with Gasteiger partial charge in [0.25, 0.3) is 5.91 Å². The molecule has 27 heavy (non-hydrogen) atoms. The Labute approximate surface area is 157 Å². The zero-order chi connectivity index (χ0) is 19.4. The van der Waals surface area contributed by atoms with E-state index in [0.29, 0.717) is 30.2 Å². The Balaban J connectivity index is 1.59. The van der Waals surface area contributed by atoms with Crippen molar-refractivity contribution in [3.63, 3.8) is 0 Å². The Morgan fingerprint density at radius 1 is 1.41 bits per heavy atom. The van der Waals surface area contributed by atoms with Crippen LogP contribution >= 0.6 is 0 Å². The van der Waals surface area contributed by atoms with Gasteiger partial charge in [0.15, 0.2) is 0 Å². The lowest BCUT2D eigenvalue weighted by Crippen LogP contribution is -2.37. The zero-order valence-electron chi connectivity index (χ0n) is 15.3. The number of nitrogens with one attached hydrogen (secondary N) is 1. The Bertz CT molecular complexity index is 809. The molecule has 0 radical (unpaired) electrons. The van der Waals surface area contributed by atoms with Crippen molar-refractivity contribution in [1.82, 2.24) is 15.1 Å². The summed E-state index contributed by atoms with van der Waals surface area (Å²) in [5.41, 5.74) is 1.88. The Morgan fingerprint density at radius 3 is 2.74 bits per heavy atom. The van der Waals surface area contributed by atoms with Gasteiger partial charge in [-0.05, 0) is 44.5 Å². The maximum Gasteiger partial charge on any atom is 0.339 e. The molecule has 1 saturated heterocycles. The van der Waals surface area contributed by atoms with Gasteiger partial charge in [0.2, 0.25) is 0 Å². The number of aromatic carboxylic acids is 1. The number of aromatic nitrogens is 2. The highest BCUT2D eigenvalue weighted by Crippen LogP contribution is 2.15. The van der Waals surface area contributed by atoms with Gasteiger partial charge in [-0.1, -0.05) is 0 Å². The highest BCUT2D eigenvalue weighted by molar-refractivity contribution is 5.94. The molecule has 2 aromatic rings. The largest absolute Gasteiger partial charge is 0.478 e. The lowest BCUT2D eigenvalue weighted by Gasteiger charge is -2.17. The van der Waals surface area contributed by atoms with Crippen LogP contribution in [0.4, 0.5) is 0 Å². The second-order valence-corrected chi connectivity index (χ2v) is 6.60. The van der Waals surface area contributed by atoms with E-state index in [1.807, 2.05) is 6.92 Å². The van der Waals surface area contributed by atoms with Gasteiger partial charge in [-0.3, -0.25) is 4.79 Å². The van der Waals surface area contributed by atoms with Crippen molar-refractivity contribution >= 4 is 11.9 Å². The third kappa shape index (κ3) is 4.53. The number of rotatable bonds is 7. The van der Waals surface area contributed by atoms with Crippen LogP contribution in [0.15, 0.2) is 30.5 Å².